The lowest BCUT2D eigenvalue weighted by molar-refractivity contribution is 0.1000. The average Bonchev–Trinajstić information content (AvgIpc) is 3.09. The molecule has 4 aromatic rings. The van der Waals surface area contributed by atoms with Crippen LogP contribution in [0.1, 0.15) is 27.2 Å². The second-order valence-electron chi connectivity index (χ2n) is 7.23. The van der Waals surface area contributed by atoms with Crippen LogP contribution in [0.15, 0.2) is 42.9 Å². The number of halogens is 1. The zero-order chi connectivity index (χ0) is 22.0. The van der Waals surface area contributed by atoms with Crippen molar-refractivity contribution in [3.05, 3.63) is 71.1 Å². The number of nitrogens with two attached hydrogens (primary N) is 1. The van der Waals surface area contributed by atoms with Gasteiger partial charge in [-0.25, -0.2) is 19.3 Å². The number of primary amides is 1. The molecule has 0 saturated heterocycles. The van der Waals surface area contributed by atoms with E-state index in [-0.39, 0.29) is 5.82 Å². The van der Waals surface area contributed by atoms with Crippen molar-refractivity contribution in [3.8, 4) is 0 Å². The Hall–Kier alpha value is -4.01. The number of carbonyl (C=O) groups excluding carboxylic acids is 1. The van der Waals surface area contributed by atoms with E-state index < -0.39 is 5.91 Å². The third kappa shape index (κ3) is 4.30. The van der Waals surface area contributed by atoms with Gasteiger partial charge in [0.2, 0.25) is 5.91 Å². The van der Waals surface area contributed by atoms with Crippen LogP contribution in [-0.2, 0) is 6.42 Å². The van der Waals surface area contributed by atoms with Crippen LogP contribution < -0.4 is 16.4 Å². The molecule has 1 aromatic carbocycles. The monoisotopic (exact) mass is 419 g/mol. The molecule has 0 fully saturated rings. The number of hydrogen-bond acceptors (Lipinski definition) is 6. The Morgan fingerprint density at radius 1 is 1.10 bits per heavy atom. The van der Waals surface area contributed by atoms with Gasteiger partial charge in [-0.2, -0.15) is 0 Å². The molecular formula is C22H22FN7O. The Kier molecular flexibility index (Phi) is 5.48. The average molecular weight is 419 g/mol. The molecule has 8 nitrogen and oxygen atoms in total. The number of aromatic amines is 1. The van der Waals surface area contributed by atoms with Crippen molar-refractivity contribution in [3.63, 3.8) is 0 Å². The topological polar surface area (TPSA) is 122 Å². The predicted molar refractivity (Wildman–Crippen MR) is 118 cm³/mol. The number of rotatable bonds is 7. The summed E-state index contributed by atoms with van der Waals surface area (Å²) < 4.78 is 14.1. The zero-order valence-corrected chi connectivity index (χ0v) is 17.2. The minimum atomic E-state index is -0.532. The summed E-state index contributed by atoms with van der Waals surface area (Å²) in [6, 6.07) is 8.29. The first-order valence-corrected chi connectivity index (χ1v) is 9.77. The van der Waals surface area contributed by atoms with E-state index in [4.69, 9.17) is 5.73 Å². The van der Waals surface area contributed by atoms with E-state index in [0.717, 1.165) is 22.2 Å². The fraction of sp³-hybridized carbons (Fsp3) is 0.182. The molecule has 0 aliphatic rings. The fourth-order valence-electron chi connectivity index (χ4n) is 3.54. The summed E-state index contributed by atoms with van der Waals surface area (Å²) in [4.78, 5) is 26.9. The largest absolute Gasteiger partial charge is 0.370 e. The second-order valence-corrected chi connectivity index (χ2v) is 7.23. The van der Waals surface area contributed by atoms with E-state index in [1.54, 1.807) is 24.3 Å². The van der Waals surface area contributed by atoms with Crippen LogP contribution >= 0.6 is 0 Å². The molecule has 5 N–H and O–H groups in total. The van der Waals surface area contributed by atoms with E-state index in [1.807, 2.05) is 13.8 Å². The number of aryl methyl sites for hydroxylation is 2. The van der Waals surface area contributed by atoms with Crippen molar-refractivity contribution in [2.45, 2.75) is 20.3 Å². The van der Waals surface area contributed by atoms with Crippen LogP contribution in [-0.4, -0.2) is 32.4 Å². The van der Waals surface area contributed by atoms with Gasteiger partial charge in [0, 0.05) is 29.9 Å². The number of nitrogens with one attached hydrogen (secondary N) is 3. The van der Waals surface area contributed by atoms with Gasteiger partial charge in [-0.1, -0.05) is 6.07 Å². The van der Waals surface area contributed by atoms with Gasteiger partial charge in [-0.15, -0.1) is 0 Å². The third-order valence-electron chi connectivity index (χ3n) is 5.08. The number of hydrogen-bond donors (Lipinski definition) is 4. The molecule has 3 heterocycles. The molecule has 1 amide bonds. The number of carbonyl (C=O) groups is 1. The molecule has 0 radical (unpaired) electrons. The fourth-order valence-corrected chi connectivity index (χ4v) is 3.54. The smallest absolute Gasteiger partial charge is 0.250 e. The molecule has 0 atom stereocenters. The van der Waals surface area contributed by atoms with Crippen LogP contribution in [0.4, 0.5) is 21.8 Å². The van der Waals surface area contributed by atoms with Gasteiger partial charge >= 0.3 is 0 Å². The molecule has 0 unspecified atom stereocenters. The molecule has 4 rings (SSSR count). The number of anilines is 3. The normalized spacial score (nSPS) is 10.9. The standard InChI is InChI=1S/C22H22FN7O/c1-12-3-5-16(23)21-20(12)15(13(2)29-21)7-8-25-18-9-19(28-11-27-18)30-17-6-4-14(10-26-17)22(24)31/h3-6,9-11,29H,7-8H2,1-2H3,(H2,24,31)(H2,25,26,27,28,30). The summed E-state index contributed by atoms with van der Waals surface area (Å²) >= 11 is 0. The zero-order valence-electron chi connectivity index (χ0n) is 17.2. The number of nitrogens with zero attached hydrogens (tertiary/aromatic N) is 3. The number of H-pyrrole nitrogens is 1. The maximum absolute atomic E-state index is 14.1. The van der Waals surface area contributed by atoms with Crippen molar-refractivity contribution in [2.24, 2.45) is 5.73 Å². The highest BCUT2D eigenvalue weighted by Crippen LogP contribution is 2.28. The predicted octanol–water partition coefficient (Wildman–Crippen LogP) is 3.61. The molecule has 31 heavy (non-hydrogen) atoms. The molecule has 158 valence electrons. The molecule has 9 heteroatoms. The molecular weight excluding hydrogens is 397 g/mol. The first-order valence-electron chi connectivity index (χ1n) is 9.77. The molecule has 3 aromatic heterocycles. The summed E-state index contributed by atoms with van der Waals surface area (Å²) in [5.74, 6) is 0.953. The Morgan fingerprint density at radius 3 is 2.65 bits per heavy atom. The second kappa shape index (κ2) is 8.39. The highest BCUT2D eigenvalue weighted by molar-refractivity contribution is 5.92. The van der Waals surface area contributed by atoms with E-state index in [9.17, 15) is 9.18 Å². The van der Waals surface area contributed by atoms with Crippen LogP contribution in [0, 0.1) is 19.7 Å². The Morgan fingerprint density at radius 2 is 1.90 bits per heavy atom. The van der Waals surface area contributed by atoms with Gasteiger partial charge in [0.25, 0.3) is 0 Å². The summed E-state index contributed by atoms with van der Waals surface area (Å²) in [6.07, 6.45) is 3.55. The molecule has 0 aliphatic heterocycles. The van der Waals surface area contributed by atoms with E-state index in [2.05, 4.69) is 30.6 Å². The first-order chi connectivity index (χ1) is 14.9. The van der Waals surface area contributed by atoms with Crippen LogP contribution in [0.2, 0.25) is 0 Å². The number of benzene rings is 1. The highest BCUT2D eigenvalue weighted by Gasteiger charge is 2.13. The molecule has 0 bridgehead atoms. The lowest BCUT2D eigenvalue weighted by atomic mass is 10.0. The summed E-state index contributed by atoms with van der Waals surface area (Å²) in [7, 11) is 0. The quantitative estimate of drug-likeness (QED) is 0.363. The van der Waals surface area contributed by atoms with Crippen molar-refractivity contribution < 1.29 is 9.18 Å². The van der Waals surface area contributed by atoms with Gasteiger partial charge in [0.15, 0.2) is 0 Å². The number of fused-ring (bicyclic) bond motifs is 1. The van der Waals surface area contributed by atoms with Crippen molar-refractivity contribution in [1.29, 1.82) is 0 Å². The SMILES string of the molecule is Cc1[nH]c2c(F)ccc(C)c2c1CCNc1cc(Nc2ccc(C(N)=O)cn2)ncn1. The summed E-state index contributed by atoms with van der Waals surface area (Å²) in [6.45, 7) is 4.56. The number of pyridine rings is 1. The lowest BCUT2D eigenvalue weighted by Crippen LogP contribution is -2.11. The van der Waals surface area contributed by atoms with Crippen molar-refractivity contribution in [1.82, 2.24) is 19.9 Å². The van der Waals surface area contributed by atoms with Gasteiger partial charge in [-0.05, 0) is 49.6 Å². The van der Waals surface area contributed by atoms with Crippen molar-refractivity contribution in [2.75, 3.05) is 17.2 Å². The summed E-state index contributed by atoms with van der Waals surface area (Å²) in [5.41, 5.74) is 9.20. The minimum Gasteiger partial charge on any atom is -0.370 e. The number of amides is 1. The maximum Gasteiger partial charge on any atom is 0.250 e. The Labute approximate surface area is 178 Å². The van der Waals surface area contributed by atoms with Gasteiger partial charge in [0.1, 0.15) is 29.6 Å². The van der Waals surface area contributed by atoms with Gasteiger partial charge in [-0.3, -0.25) is 4.79 Å². The molecule has 0 aliphatic carbocycles. The maximum atomic E-state index is 14.1. The van der Waals surface area contributed by atoms with Gasteiger partial charge in [0.05, 0.1) is 11.1 Å². The first kappa shape index (κ1) is 20.3. The van der Waals surface area contributed by atoms with E-state index >= 15 is 0 Å². The Bertz CT molecular complexity index is 1250. The van der Waals surface area contributed by atoms with Crippen LogP contribution in [0.3, 0.4) is 0 Å². The Balaban J connectivity index is 1.43. The lowest BCUT2D eigenvalue weighted by Gasteiger charge is -2.09. The summed E-state index contributed by atoms with van der Waals surface area (Å²) in [5, 5.41) is 7.28. The number of aromatic nitrogens is 4. The molecule has 0 saturated carbocycles. The van der Waals surface area contributed by atoms with Crippen LogP contribution in [0.5, 0.6) is 0 Å². The van der Waals surface area contributed by atoms with Crippen LogP contribution in [0.25, 0.3) is 10.9 Å². The third-order valence-corrected chi connectivity index (χ3v) is 5.08. The van der Waals surface area contributed by atoms with E-state index in [0.29, 0.717) is 41.5 Å². The highest BCUT2D eigenvalue weighted by atomic mass is 19.1. The van der Waals surface area contributed by atoms with Crippen molar-refractivity contribution >= 4 is 34.3 Å². The minimum absolute atomic E-state index is 0.244. The molecule has 0 spiro atoms. The van der Waals surface area contributed by atoms with Gasteiger partial charge < -0.3 is 21.4 Å². The van der Waals surface area contributed by atoms with E-state index in [1.165, 1.54) is 18.6 Å².